The van der Waals surface area contributed by atoms with Gasteiger partial charge in [0.2, 0.25) is 0 Å². The van der Waals surface area contributed by atoms with Crippen LogP contribution >= 0.6 is 0 Å². The summed E-state index contributed by atoms with van der Waals surface area (Å²) in [6, 6.07) is 0. The molecule has 0 aromatic carbocycles. The largest absolute Gasteiger partial charge is 0.407 e. The van der Waals surface area contributed by atoms with E-state index in [9.17, 15) is 21.6 Å². The summed E-state index contributed by atoms with van der Waals surface area (Å²) in [4.78, 5) is 3.80. The molecular weight excluding hydrogens is 295 g/mol. The molecule has 5 nitrogen and oxygen atoms in total. The van der Waals surface area contributed by atoms with Crippen molar-refractivity contribution in [2.45, 2.75) is 49.3 Å². The van der Waals surface area contributed by atoms with E-state index in [4.69, 9.17) is 0 Å². The maximum Gasteiger partial charge on any atom is 0.407 e. The fourth-order valence-corrected chi connectivity index (χ4v) is 4.09. The first kappa shape index (κ1) is 15.3. The van der Waals surface area contributed by atoms with E-state index in [0.29, 0.717) is 18.7 Å². The van der Waals surface area contributed by atoms with Gasteiger partial charge in [0.1, 0.15) is 11.4 Å². The molecule has 1 fully saturated rings. The Morgan fingerprint density at radius 2 is 1.90 bits per heavy atom. The molecule has 9 heteroatoms. The molecule has 1 aliphatic rings. The van der Waals surface area contributed by atoms with Crippen molar-refractivity contribution in [2.75, 3.05) is 0 Å². The number of imidazole rings is 1. The topological polar surface area (TPSA) is 64.0 Å². The molecule has 114 valence electrons. The van der Waals surface area contributed by atoms with E-state index in [1.165, 1.54) is 11.6 Å². The zero-order valence-electron chi connectivity index (χ0n) is 11.2. The molecule has 1 heterocycles. The highest BCUT2D eigenvalue weighted by atomic mass is 32.2. The van der Waals surface area contributed by atoms with E-state index in [-0.39, 0.29) is 17.9 Å². The Morgan fingerprint density at radius 3 is 2.30 bits per heavy atom. The molecule has 0 unspecified atom stereocenters. The van der Waals surface area contributed by atoms with Crippen LogP contribution < -0.4 is 4.72 Å². The third-order valence-corrected chi connectivity index (χ3v) is 5.37. The predicted octanol–water partition coefficient (Wildman–Crippen LogP) is 1.88. The van der Waals surface area contributed by atoms with Gasteiger partial charge in [-0.3, -0.25) is 0 Å². The van der Waals surface area contributed by atoms with Crippen LogP contribution in [0.25, 0.3) is 0 Å². The first-order valence-corrected chi connectivity index (χ1v) is 7.66. The Morgan fingerprint density at radius 1 is 1.35 bits per heavy atom. The van der Waals surface area contributed by atoms with Gasteiger partial charge in [-0.15, -0.1) is 0 Å². The number of hydrogen-bond donors (Lipinski definition) is 1. The number of hydrogen-bond acceptors (Lipinski definition) is 3. The van der Waals surface area contributed by atoms with Gasteiger partial charge >= 0.3 is 6.18 Å². The molecule has 1 aromatic rings. The molecule has 0 spiro atoms. The first-order chi connectivity index (χ1) is 9.09. The summed E-state index contributed by atoms with van der Waals surface area (Å²) >= 11 is 0. The van der Waals surface area contributed by atoms with Gasteiger partial charge in [0.15, 0.2) is 5.03 Å². The summed E-state index contributed by atoms with van der Waals surface area (Å²) in [5.74, 6) is 0.415. The van der Waals surface area contributed by atoms with E-state index in [1.807, 2.05) is 4.72 Å². The van der Waals surface area contributed by atoms with Gasteiger partial charge in [0.25, 0.3) is 10.0 Å². The van der Waals surface area contributed by atoms with Crippen LogP contribution in [0.2, 0.25) is 0 Å². The fraction of sp³-hybridized carbons (Fsp3) is 0.727. The molecular formula is C11H16F3N3O2S. The second-order valence-electron chi connectivity index (χ2n) is 5.10. The van der Waals surface area contributed by atoms with Gasteiger partial charge in [0.05, 0.1) is 6.20 Å². The molecule has 0 radical (unpaired) electrons. The van der Waals surface area contributed by atoms with Gasteiger partial charge < -0.3 is 4.57 Å². The normalized spacial score (nSPS) is 19.4. The molecule has 0 saturated heterocycles. The molecule has 0 aliphatic heterocycles. The Kier molecular flexibility index (Phi) is 3.62. The molecule has 1 saturated carbocycles. The highest BCUT2D eigenvalue weighted by Crippen LogP contribution is 2.43. The van der Waals surface area contributed by atoms with E-state index in [1.54, 1.807) is 6.92 Å². The van der Waals surface area contributed by atoms with Crippen molar-refractivity contribution in [2.24, 2.45) is 7.05 Å². The minimum Gasteiger partial charge on any atom is -0.321 e. The Labute approximate surface area is 115 Å². The van der Waals surface area contributed by atoms with Gasteiger partial charge in [0, 0.05) is 7.05 Å². The average Bonchev–Trinajstić information content (AvgIpc) is 2.87. The number of rotatable bonds is 3. The highest BCUT2D eigenvalue weighted by molar-refractivity contribution is 7.89. The molecule has 1 aliphatic carbocycles. The zero-order valence-corrected chi connectivity index (χ0v) is 12.0. The fourth-order valence-electron chi connectivity index (χ4n) is 2.46. The SMILES string of the molecule is Cc1ncc(S(=O)(=O)NC2(C(F)(F)F)CCCC2)n1C. The van der Waals surface area contributed by atoms with Crippen LogP contribution in [0.4, 0.5) is 13.2 Å². The molecule has 0 atom stereocenters. The number of aromatic nitrogens is 2. The number of halogens is 3. The van der Waals surface area contributed by atoms with Crippen LogP contribution in [-0.4, -0.2) is 29.7 Å². The van der Waals surface area contributed by atoms with Crippen molar-refractivity contribution < 1.29 is 21.6 Å². The Hall–Kier alpha value is -1.09. The smallest absolute Gasteiger partial charge is 0.321 e. The zero-order chi connectivity index (χ0) is 15.2. The maximum absolute atomic E-state index is 13.2. The average molecular weight is 311 g/mol. The first-order valence-electron chi connectivity index (χ1n) is 6.18. The van der Waals surface area contributed by atoms with Crippen LogP contribution in [0.1, 0.15) is 31.5 Å². The van der Waals surface area contributed by atoms with Crippen molar-refractivity contribution in [1.82, 2.24) is 14.3 Å². The van der Waals surface area contributed by atoms with Crippen molar-refractivity contribution in [3.8, 4) is 0 Å². The molecule has 2 rings (SSSR count). The van der Waals surface area contributed by atoms with Crippen molar-refractivity contribution in [1.29, 1.82) is 0 Å². The molecule has 1 aromatic heterocycles. The Balaban J connectivity index is 2.39. The van der Waals surface area contributed by atoms with E-state index < -0.39 is 21.7 Å². The van der Waals surface area contributed by atoms with E-state index in [2.05, 4.69) is 4.98 Å². The second-order valence-corrected chi connectivity index (χ2v) is 6.72. The van der Waals surface area contributed by atoms with Crippen molar-refractivity contribution in [3.05, 3.63) is 12.0 Å². The standard InChI is InChI=1S/C11H16F3N3O2S/c1-8-15-7-9(17(8)2)20(18,19)16-10(11(12,13)14)5-3-4-6-10/h7,16H,3-6H2,1-2H3. The van der Waals surface area contributed by atoms with Crippen molar-refractivity contribution in [3.63, 3.8) is 0 Å². The third-order valence-electron chi connectivity index (χ3n) is 3.78. The van der Waals surface area contributed by atoms with Crippen LogP contribution in [-0.2, 0) is 17.1 Å². The number of nitrogens with one attached hydrogen (secondary N) is 1. The molecule has 20 heavy (non-hydrogen) atoms. The van der Waals surface area contributed by atoms with Crippen LogP contribution in [0.15, 0.2) is 11.2 Å². The lowest BCUT2D eigenvalue weighted by Crippen LogP contribution is -2.56. The summed E-state index contributed by atoms with van der Waals surface area (Å²) in [6.45, 7) is 1.58. The quantitative estimate of drug-likeness (QED) is 0.927. The second kappa shape index (κ2) is 4.73. The van der Waals surface area contributed by atoms with Gasteiger partial charge in [-0.2, -0.15) is 17.9 Å². The van der Waals surface area contributed by atoms with Crippen LogP contribution in [0.5, 0.6) is 0 Å². The highest BCUT2D eigenvalue weighted by Gasteiger charge is 2.58. The maximum atomic E-state index is 13.2. The molecule has 0 bridgehead atoms. The minimum absolute atomic E-state index is 0.230. The van der Waals surface area contributed by atoms with Crippen molar-refractivity contribution >= 4 is 10.0 Å². The van der Waals surface area contributed by atoms with E-state index in [0.717, 1.165) is 6.20 Å². The van der Waals surface area contributed by atoms with Crippen LogP contribution in [0, 0.1) is 6.92 Å². The third kappa shape index (κ3) is 2.44. The summed E-state index contributed by atoms with van der Waals surface area (Å²) in [7, 11) is -2.81. The summed E-state index contributed by atoms with van der Waals surface area (Å²) < 4.78 is 67.2. The molecule has 1 N–H and O–H groups in total. The van der Waals surface area contributed by atoms with E-state index >= 15 is 0 Å². The Bertz CT molecular complexity index is 601. The van der Waals surface area contributed by atoms with Crippen LogP contribution in [0.3, 0.4) is 0 Å². The van der Waals surface area contributed by atoms with Gasteiger partial charge in [-0.25, -0.2) is 13.4 Å². The minimum atomic E-state index is -4.61. The number of nitrogens with zero attached hydrogens (tertiary/aromatic N) is 2. The lowest BCUT2D eigenvalue weighted by atomic mass is 9.99. The lowest BCUT2D eigenvalue weighted by Gasteiger charge is -2.32. The van der Waals surface area contributed by atoms with Gasteiger partial charge in [-0.05, 0) is 19.8 Å². The summed E-state index contributed by atoms with van der Waals surface area (Å²) in [5.41, 5.74) is -2.36. The lowest BCUT2D eigenvalue weighted by molar-refractivity contribution is -0.188. The number of alkyl halides is 3. The monoisotopic (exact) mass is 311 g/mol. The summed E-state index contributed by atoms with van der Waals surface area (Å²) in [6.07, 6.45) is -3.29. The van der Waals surface area contributed by atoms with Gasteiger partial charge in [-0.1, -0.05) is 12.8 Å². The number of aryl methyl sites for hydroxylation is 1. The number of sulfonamides is 1. The molecule has 0 amide bonds. The summed E-state index contributed by atoms with van der Waals surface area (Å²) in [5, 5.41) is -0.259. The predicted molar refractivity (Wildman–Crippen MR) is 65.5 cm³/mol.